The molecule has 2 aromatic carbocycles. The summed E-state index contributed by atoms with van der Waals surface area (Å²) in [5.74, 6) is -0.729. The highest BCUT2D eigenvalue weighted by atomic mass is 35.5. The Morgan fingerprint density at radius 2 is 1.70 bits per heavy atom. The molecule has 3 rings (SSSR count). The molecule has 0 aliphatic rings. The van der Waals surface area contributed by atoms with Crippen molar-refractivity contribution in [1.29, 1.82) is 0 Å². The molecule has 4 nitrogen and oxygen atoms in total. The Morgan fingerprint density at radius 3 is 2.30 bits per heavy atom. The zero-order valence-electron chi connectivity index (χ0n) is 17.3. The van der Waals surface area contributed by atoms with Crippen molar-refractivity contribution in [2.45, 2.75) is 33.6 Å². The van der Waals surface area contributed by atoms with Crippen molar-refractivity contribution in [2.24, 2.45) is 0 Å². The van der Waals surface area contributed by atoms with Gasteiger partial charge in [-0.2, -0.15) is 0 Å². The third-order valence-electron chi connectivity index (χ3n) is 4.71. The Morgan fingerprint density at radius 1 is 1.03 bits per heavy atom. The predicted octanol–water partition coefficient (Wildman–Crippen LogP) is 6.76. The minimum absolute atomic E-state index is 0.301. The highest BCUT2D eigenvalue weighted by Crippen LogP contribution is 2.40. The molecule has 0 aliphatic carbocycles. The van der Waals surface area contributed by atoms with Gasteiger partial charge in [0.1, 0.15) is 10.6 Å². The Hall–Kier alpha value is -2.63. The van der Waals surface area contributed by atoms with Gasteiger partial charge in [-0.05, 0) is 55.2 Å². The quantitative estimate of drug-likeness (QED) is 0.412. The fourth-order valence-corrected chi connectivity index (χ4v) is 4.31. The molecule has 1 aromatic heterocycles. The number of ether oxygens (including phenoxy) is 1. The number of amides is 1. The van der Waals surface area contributed by atoms with Crippen molar-refractivity contribution in [3.05, 3.63) is 75.1 Å². The summed E-state index contributed by atoms with van der Waals surface area (Å²) in [5, 5.41) is 3.94. The summed E-state index contributed by atoms with van der Waals surface area (Å²) in [6, 6.07) is 14.7. The molecule has 30 heavy (non-hydrogen) atoms. The Labute approximate surface area is 185 Å². The summed E-state index contributed by atoms with van der Waals surface area (Å²) >= 11 is 7.29. The molecule has 0 atom stereocenters. The van der Waals surface area contributed by atoms with Crippen LogP contribution in [0.1, 0.15) is 51.4 Å². The minimum atomic E-state index is -0.429. The minimum Gasteiger partial charge on any atom is -0.462 e. The van der Waals surface area contributed by atoms with Crippen LogP contribution in [0.5, 0.6) is 0 Å². The number of aryl methyl sites for hydroxylation is 2. The van der Waals surface area contributed by atoms with Gasteiger partial charge in [-0.15, -0.1) is 11.3 Å². The van der Waals surface area contributed by atoms with Crippen LogP contribution in [0.15, 0.2) is 48.5 Å². The first-order chi connectivity index (χ1) is 14.4. The number of esters is 1. The fraction of sp³-hybridized carbons (Fsp3) is 0.250. The van der Waals surface area contributed by atoms with Gasteiger partial charge < -0.3 is 10.1 Å². The lowest BCUT2D eigenvalue weighted by Gasteiger charge is -2.10. The fourth-order valence-electron chi connectivity index (χ4n) is 3.13. The monoisotopic (exact) mass is 441 g/mol. The molecule has 6 heteroatoms. The number of carbonyl (C=O) groups excluding carboxylic acids is 2. The third-order valence-corrected chi connectivity index (χ3v) is 5.98. The Bertz CT molecular complexity index is 1040. The van der Waals surface area contributed by atoms with Crippen molar-refractivity contribution in [3.63, 3.8) is 0 Å². The van der Waals surface area contributed by atoms with Gasteiger partial charge in [-0.25, -0.2) is 4.79 Å². The van der Waals surface area contributed by atoms with E-state index in [1.165, 1.54) is 16.9 Å². The van der Waals surface area contributed by atoms with Crippen LogP contribution in [-0.2, 0) is 11.2 Å². The van der Waals surface area contributed by atoms with Crippen molar-refractivity contribution in [3.8, 4) is 11.1 Å². The van der Waals surface area contributed by atoms with Gasteiger partial charge in [-0.3, -0.25) is 4.79 Å². The summed E-state index contributed by atoms with van der Waals surface area (Å²) in [4.78, 5) is 26.6. The predicted molar refractivity (Wildman–Crippen MR) is 124 cm³/mol. The highest BCUT2D eigenvalue weighted by Gasteiger charge is 2.26. The number of nitrogens with one attached hydrogen (secondary N) is 1. The second-order valence-electron chi connectivity index (χ2n) is 6.88. The van der Waals surface area contributed by atoms with Crippen LogP contribution in [0, 0.1) is 6.92 Å². The van der Waals surface area contributed by atoms with E-state index in [9.17, 15) is 9.59 Å². The molecule has 0 aliphatic heterocycles. The number of carbonyl (C=O) groups is 2. The van der Waals surface area contributed by atoms with Crippen LogP contribution in [0.3, 0.4) is 0 Å². The van der Waals surface area contributed by atoms with Crippen LogP contribution in [-0.4, -0.2) is 18.5 Å². The first kappa shape index (κ1) is 22.1. The molecule has 0 unspecified atom stereocenters. The molecule has 1 N–H and O–H groups in total. The van der Waals surface area contributed by atoms with Crippen LogP contribution in [0.4, 0.5) is 5.00 Å². The molecule has 1 heterocycles. The molecule has 0 saturated carbocycles. The Balaban J connectivity index is 2.02. The van der Waals surface area contributed by atoms with Crippen LogP contribution >= 0.6 is 22.9 Å². The molecule has 3 aromatic rings. The van der Waals surface area contributed by atoms with Crippen molar-refractivity contribution < 1.29 is 14.3 Å². The number of hydrogen-bond acceptors (Lipinski definition) is 4. The van der Waals surface area contributed by atoms with Crippen molar-refractivity contribution in [2.75, 3.05) is 11.9 Å². The number of rotatable bonds is 7. The van der Waals surface area contributed by atoms with Crippen LogP contribution < -0.4 is 5.32 Å². The van der Waals surface area contributed by atoms with Gasteiger partial charge in [0.15, 0.2) is 0 Å². The van der Waals surface area contributed by atoms with Gasteiger partial charge in [0.25, 0.3) is 5.91 Å². The first-order valence-corrected chi connectivity index (χ1v) is 11.1. The maximum absolute atomic E-state index is 12.9. The molecular formula is C24H24ClNO3S. The molecule has 0 spiro atoms. The topological polar surface area (TPSA) is 55.4 Å². The molecule has 0 bridgehead atoms. The maximum atomic E-state index is 12.9. The van der Waals surface area contributed by atoms with E-state index in [2.05, 4.69) is 24.4 Å². The second-order valence-corrected chi connectivity index (χ2v) is 8.55. The summed E-state index contributed by atoms with van der Waals surface area (Å²) in [6.07, 6.45) is 1.67. The maximum Gasteiger partial charge on any atom is 0.341 e. The Kier molecular flexibility index (Phi) is 7.29. The SMILES string of the molecule is CCCOC(=O)c1c(NC(=O)c2ccc(Cl)cc2)sc(C)c1-c1ccc(CC)cc1. The lowest BCUT2D eigenvalue weighted by atomic mass is 9.99. The zero-order chi connectivity index (χ0) is 21.7. The zero-order valence-corrected chi connectivity index (χ0v) is 18.8. The smallest absolute Gasteiger partial charge is 0.341 e. The van der Waals surface area contributed by atoms with Crippen LogP contribution in [0.2, 0.25) is 5.02 Å². The first-order valence-electron chi connectivity index (χ1n) is 9.91. The van der Waals surface area contributed by atoms with E-state index in [-0.39, 0.29) is 5.91 Å². The van der Waals surface area contributed by atoms with Gasteiger partial charge in [0, 0.05) is 21.0 Å². The average Bonchev–Trinajstić information content (AvgIpc) is 3.08. The molecular weight excluding hydrogens is 418 g/mol. The summed E-state index contributed by atoms with van der Waals surface area (Å²) < 4.78 is 5.44. The van der Waals surface area contributed by atoms with E-state index in [1.807, 2.05) is 26.0 Å². The van der Waals surface area contributed by atoms with Crippen molar-refractivity contribution >= 4 is 39.8 Å². The number of anilines is 1. The summed E-state index contributed by atoms with van der Waals surface area (Å²) in [7, 11) is 0. The van der Waals surface area contributed by atoms with Gasteiger partial charge in [0.05, 0.1) is 6.61 Å². The third kappa shape index (κ3) is 4.91. The molecule has 0 radical (unpaired) electrons. The number of halogens is 1. The van der Waals surface area contributed by atoms with Crippen molar-refractivity contribution in [1.82, 2.24) is 0 Å². The van der Waals surface area contributed by atoms with E-state index in [1.54, 1.807) is 24.3 Å². The highest BCUT2D eigenvalue weighted by molar-refractivity contribution is 7.17. The van der Waals surface area contributed by atoms with Gasteiger partial charge >= 0.3 is 5.97 Å². The normalized spacial score (nSPS) is 10.7. The number of hydrogen-bond donors (Lipinski definition) is 1. The van der Waals surface area contributed by atoms with Gasteiger partial charge in [0.2, 0.25) is 0 Å². The molecule has 156 valence electrons. The van der Waals surface area contributed by atoms with Crippen LogP contribution in [0.25, 0.3) is 11.1 Å². The summed E-state index contributed by atoms with van der Waals surface area (Å²) in [6.45, 7) is 6.32. The van der Waals surface area contributed by atoms with E-state index in [0.717, 1.165) is 28.8 Å². The second kappa shape index (κ2) is 9.92. The van der Waals surface area contributed by atoms with E-state index < -0.39 is 5.97 Å². The average molecular weight is 442 g/mol. The van der Waals surface area contributed by atoms with E-state index >= 15 is 0 Å². The van der Waals surface area contributed by atoms with Gasteiger partial charge in [-0.1, -0.05) is 49.7 Å². The lowest BCUT2D eigenvalue weighted by Crippen LogP contribution is -2.15. The lowest BCUT2D eigenvalue weighted by molar-refractivity contribution is 0.0507. The standard InChI is InChI=1S/C24H24ClNO3S/c1-4-14-29-24(28)21-20(17-8-6-16(5-2)7-9-17)15(3)30-23(21)26-22(27)18-10-12-19(25)13-11-18/h6-13H,4-5,14H2,1-3H3,(H,26,27). The number of thiophene rings is 1. The van der Waals surface area contributed by atoms with E-state index in [4.69, 9.17) is 16.3 Å². The number of benzene rings is 2. The van der Waals surface area contributed by atoms with E-state index in [0.29, 0.717) is 27.8 Å². The largest absolute Gasteiger partial charge is 0.462 e. The molecule has 0 fully saturated rings. The molecule has 1 amide bonds. The molecule has 0 saturated heterocycles. The summed E-state index contributed by atoms with van der Waals surface area (Å²) in [5.41, 5.74) is 3.81.